The van der Waals surface area contributed by atoms with Crippen molar-refractivity contribution in [3.8, 4) is 0 Å². The van der Waals surface area contributed by atoms with Crippen molar-refractivity contribution < 1.29 is 9.18 Å². The molecule has 0 aliphatic carbocycles. The number of rotatable bonds is 6. The standard InChI is InChI=1S/C12H16ClFN2O/c1-15-6-5-12(17)16-7-4-9-8-10(13)2-3-11(9)14/h2-3,8,15H,4-7H2,1H3,(H,16,17). The van der Waals surface area contributed by atoms with Crippen molar-refractivity contribution >= 4 is 17.5 Å². The van der Waals surface area contributed by atoms with E-state index in [1.807, 2.05) is 0 Å². The van der Waals surface area contributed by atoms with Crippen molar-refractivity contribution in [1.82, 2.24) is 10.6 Å². The van der Waals surface area contributed by atoms with Gasteiger partial charge in [0.15, 0.2) is 0 Å². The summed E-state index contributed by atoms with van der Waals surface area (Å²) in [5.41, 5.74) is 0.520. The van der Waals surface area contributed by atoms with Gasteiger partial charge in [0, 0.05) is 24.5 Å². The normalized spacial score (nSPS) is 10.3. The van der Waals surface area contributed by atoms with Crippen LogP contribution in [-0.4, -0.2) is 26.0 Å². The van der Waals surface area contributed by atoms with E-state index in [0.29, 0.717) is 36.5 Å². The fourth-order valence-corrected chi connectivity index (χ4v) is 1.59. The summed E-state index contributed by atoms with van der Waals surface area (Å²) < 4.78 is 13.3. The summed E-state index contributed by atoms with van der Waals surface area (Å²) in [6, 6.07) is 4.42. The molecule has 1 amide bonds. The van der Waals surface area contributed by atoms with Gasteiger partial charge in [-0.2, -0.15) is 0 Å². The SMILES string of the molecule is CNCCC(=O)NCCc1cc(Cl)ccc1F. The molecule has 0 aromatic heterocycles. The molecule has 0 saturated carbocycles. The molecule has 0 fully saturated rings. The topological polar surface area (TPSA) is 41.1 Å². The third-order valence-electron chi connectivity index (χ3n) is 2.33. The molecule has 0 spiro atoms. The number of benzene rings is 1. The second-order valence-electron chi connectivity index (χ2n) is 3.69. The van der Waals surface area contributed by atoms with Crippen LogP contribution in [0.5, 0.6) is 0 Å². The van der Waals surface area contributed by atoms with E-state index in [1.165, 1.54) is 12.1 Å². The Morgan fingerprint density at radius 2 is 2.18 bits per heavy atom. The van der Waals surface area contributed by atoms with Gasteiger partial charge in [-0.05, 0) is 37.2 Å². The number of hydrogen-bond donors (Lipinski definition) is 2. The summed E-state index contributed by atoms with van der Waals surface area (Å²) in [5.74, 6) is -0.333. The van der Waals surface area contributed by atoms with E-state index in [2.05, 4.69) is 10.6 Å². The van der Waals surface area contributed by atoms with Crippen molar-refractivity contribution in [2.45, 2.75) is 12.8 Å². The van der Waals surface area contributed by atoms with Gasteiger partial charge in [-0.3, -0.25) is 4.79 Å². The highest BCUT2D eigenvalue weighted by Crippen LogP contribution is 2.14. The van der Waals surface area contributed by atoms with Gasteiger partial charge in [0.2, 0.25) is 5.91 Å². The molecule has 1 aromatic rings. The molecule has 3 nitrogen and oxygen atoms in total. The molecular weight excluding hydrogens is 243 g/mol. The van der Waals surface area contributed by atoms with Gasteiger partial charge in [-0.15, -0.1) is 0 Å². The van der Waals surface area contributed by atoms with Gasteiger partial charge in [-0.25, -0.2) is 4.39 Å². The Labute approximate surface area is 105 Å². The molecule has 0 saturated heterocycles. The van der Waals surface area contributed by atoms with Crippen LogP contribution in [0.1, 0.15) is 12.0 Å². The lowest BCUT2D eigenvalue weighted by Gasteiger charge is -2.06. The zero-order valence-electron chi connectivity index (χ0n) is 9.72. The molecule has 0 radical (unpaired) electrons. The molecule has 94 valence electrons. The van der Waals surface area contributed by atoms with Gasteiger partial charge in [0.05, 0.1) is 0 Å². The van der Waals surface area contributed by atoms with E-state index in [-0.39, 0.29) is 11.7 Å². The first-order valence-corrected chi connectivity index (χ1v) is 5.86. The maximum atomic E-state index is 13.3. The van der Waals surface area contributed by atoms with Gasteiger partial charge in [-0.1, -0.05) is 11.6 Å². The predicted molar refractivity (Wildman–Crippen MR) is 66.7 cm³/mol. The van der Waals surface area contributed by atoms with Crippen LogP contribution in [0.25, 0.3) is 0 Å². The summed E-state index contributed by atoms with van der Waals surface area (Å²) in [4.78, 5) is 11.3. The number of hydrogen-bond acceptors (Lipinski definition) is 2. The van der Waals surface area contributed by atoms with Crippen molar-refractivity contribution in [2.24, 2.45) is 0 Å². The monoisotopic (exact) mass is 258 g/mol. The van der Waals surface area contributed by atoms with E-state index in [1.54, 1.807) is 13.1 Å². The first-order chi connectivity index (χ1) is 8.13. The van der Waals surface area contributed by atoms with Crippen LogP contribution >= 0.6 is 11.6 Å². The number of amides is 1. The van der Waals surface area contributed by atoms with Gasteiger partial charge < -0.3 is 10.6 Å². The molecule has 0 aliphatic rings. The molecule has 0 atom stereocenters. The van der Waals surface area contributed by atoms with Gasteiger partial charge in [0.1, 0.15) is 5.82 Å². The lowest BCUT2D eigenvalue weighted by Crippen LogP contribution is -2.28. The van der Waals surface area contributed by atoms with Crippen molar-refractivity contribution in [3.63, 3.8) is 0 Å². The van der Waals surface area contributed by atoms with Gasteiger partial charge in [0.25, 0.3) is 0 Å². The maximum Gasteiger partial charge on any atom is 0.221 e. The van der Waals surface area contributed by atoms with Crippen LogP contribution < -0.4 is 10.6 Å². The lowest BCUT2D eigenvalue weighted by molar-refractivity contribution is -0.120. The third-order valence-corrected chi connectivity index (χ3v) is 2.56. The van der Waals surface area contributed by atoms with Crippen LogP contribution in [0, 0.1) is 5.82 Å². The molecular formula is C12H16ClFN2O. The third kappa shape index (κ3) is 5.15. The zero-order valence-corrected chi connectivity index (χ0v) is 10.5. The molecule has 0 heterocycles. The largest absolute Gasteiger partial charge is 0.356 e. The van der Waals surface area contributed by atoms with E-state index in [4.69, 9.17) is 11.6 Å². The minimum atomic E-state index is -0.293. The van der Waals surface area contributed by atoms with Crippen LogP contribution in [0.4, 0.5) is 4.39 Å². The second-order valence-corrected chi connectivity index (χ2v) is 4.13. The summed E-state index contributed by atoms with van der Waals surface area (Å²) >= 11 is 5.76. The molecule has 1 rings (SSSR count). The minimum absolute atomic E-state index is 0.0400. The van der Waals surface area contributed by atoms with Crippen LogP contribution in [0.15, 0.2) is 18.2 Å². The smallest absolute Gasteiger partial charge is 0.221 e. The predicted octanol–water partition coefficient (Wildman–Crippen LogP) is 1.75. The fourth-order valence-electron chi connectivity index (χ4n) is 1.40. The van der Waals surface area contributed by atoms with Crippen molar-refractivity contribution in [2.75, 3.05) is 20.1 Å². The first-order valence-electron chi connectivity index (χ1n) is 5.48. The quantitative estimate of drug-likeness (QED) is 0.816. The number of carbonyl (C=O) groups excluding carboxylic acids is 1. The second kappa shape index (κ2) is 7.25. The van der Waals surface area contributed by atoms with E-state index < -0.39 is 0 Å². The highest BCUT2D eigenvalue weighted by atomic mass is 35.5. The van der Waals surface area contributed by atoms with Crippen LogP contribution in [0.3, 0.4) is 0 Å². The van der Waals surface area contributed by atoms with Crippen LogP contribution in [-0.2, 0) is 11.2 Å². The molecule has 2 N–H and O–H groups in total. The van der Waals surface area contributed by atoms with E-state index in [0.717, 1.165) is 0 Å². The fraction of sp³-hybridized carbons (Fsp3) is 0.417. The summed E-state index contributed by atoms with van der Waals surface area (Å²) in [7, 11) is 1.79. The summed E-state index contributed by atoms with van der Waals surface area (Å²) in [5, 5.41) is 6.11. The average molecular weight is 259 g/mol. The van der Waals surface area contributed by atoms with Crippen molar-refractivity contribution in [3.05, 3.63) is 34.6 Å². The molecule has 17 heavy (non-hydrogen) atoms. The maximum absolute atomic E-state index is 13.3. The molecule has 5 heteroatoms. The highest BCUT2D eigenvalue weighted by Gasteiger charge is 2.04. The average Bonchev–Trinajstić information content (AvgIpc) is 2.31. The number of carbonyl (C=O) groups is 1. The Morgan fingerprint density at radius 3 is 2.88 bits per heavy atom. The molecule has 0 aliphatic heterocycles. The number of halogens is 2. The number of nitrogens with one attached hydrogen (secondary N) is 2. The molecule has 0 bridgehead atoms. The Hall–Kier alpha value is -1.13. The summed E-state index contributed by atoms with van der Waals surface area (Å²) in [6.07, 6.45) is 0.867. The van der Waals surface area contributed by atoms with Crippen LogP contribution in [0.2, 0.25) is 5.02 Å². The van der Waals surface area contributed by atoms with Crippen molar-refractivity contribution in [1.29, 1.82) is 0 Å². The summed E-state index contributed by atoms with van der Waals surface area (Å²) in [6.45, 7) is 1.05. The van der Waals surface area contributed by atoms with E-state index >= 15 is 0 Å². The first kappa shape index (κ1) is 13.9. The minimum Gasteiger partial charge on any atom is -0.356 e. The Kier molecular flexibility index (Phi) is 5.94. The lowest BCUT2D eigenvalue weighted by atomic mass is 10.1. The zero-order chi connectivity index (χ0) is 12.7. The van der Waals surface area contributed by atoms with E-state index in [9.17, 15) is 9.18 Å². The van der Waals surface area contributed by atoms with Gasteiger partial charge >= 0.3 is 0 Å². The highest BCUT2D eigenvalue weighted by molar-refractivity contribution is 6.30. The Balaban J connectivity index is 2.35. The molecule has 0 unspecified atom stereocenters. The Morgan fingerprint density at radius 1 is 1.41 bits per heavy atom. The molecule has 1 aromatic carbocycles. The Bertz CT molecular complexity index is 385.